The van der Waals surface area contributed by atoms with Gasteiger partial charge in [0.25, 0.3) is 5.69 Å². The summed E-state index contributed by atoms with van der Waals surface area (Å²) in [6.07, 6.45) is 3.46. The van der Waals surface area contributed by atoms with E-state index < -0.39 is 14.9 Å². The van der Waals surface area contributed by atoms with Crippen molar-refractivity contribution in [3.05, 3.63) is 87.7 Å². The van der Waals surface area contributed by atoms with Crippen LogP contribution in [0.2, 0.25) is 0 Å². The van der Waals surface area contributed by atoms with Gasteiger partial charge in [-0.15, -0.1) is 0 Å². The normalized spacial score (nSPS) is 11.7. The number of sulfonamides is 1. The summed E-state index contributed by atoms with van der Waals surface area (Å²) < 4.78 is 27.9. The summed E-state index contributed by atoms with van der Waals surface area (Å²) in [6.45, 7) is 4.11. The van der Waals surface area contributed by atoms with E-state index in [1.54, 1.807) is 12.4 Å². The number of hydrogen-bond donors (Lipinski definition) is 2. The van der Waals surface area contributed by atoms with E-state index >= 15 is 0 Å². The van der Waals surface area contributed by atoms with Gasteiger partial charge >= 0.3 is 0 Å². The maximum absolute atomic E-state index is 12.7. The summed E-state index contributed by atoms with van der Waals surface area (Å²) in [5, 5.41) is 11.6. The second-order valence-corrected chi connectivity index (χ2v) is 9.11. The molecule has 0 radical (unpaired) electrons. The highest BCUT2D eigenvalue weighted by atomic mass is 32.2. The first-order valence-electron chi connectivity index (χ1n) is 9.52. The number of aryl methyl sites for hydroxylation is 2. The number of fused-ring (bicyclic) bond motifs is 1. The van der Waals surface area contributed by atoms with E-state index in [2.05, 4.69) is 32.9 Å². The summed E-state index contributed by atoms with van der Waals surface area (Å²) in [7, 11) is -3.85. The molecule has 31 heavy (non-hydrogen) atoms. The Morgan fingerprint density at radius 3 is 2.39 bits per heavy atom. The Kier molecular flexibility index (Phi) is 5.30. The quantitative estimate of drug-likeness (QED) is 0.346. The summed E-state index contributed by atoms with van der Waals surface area (Å²) in [6, 6.07) is 13.0. The first-order valence-corrected chi connectivity index (χ1v) is 11.0. The molecule has 2 N–H and O–H groups in total. The molecule has 158 valence electrons. The number of nitrogens with zero attached hydrogens (tertiary/aromatic N) is 2. The van der Waals surface area contributed by atoms with Crippen molar-refractivity contribution in [1.82, 2.24) is 14.7 Å². The van der Waals surface area contributed by atoms with Crippen molar-refractivity contribution in [2.75, 3.05) is 0 Å². The van der Waals surface area contributed by atoms with Gasteiger partial charge in [0, 0.05) is 36.5 Å². The largest absolute Gasteiger partial charge is 0.346 e. The molecule has 0 aliphatic rings. The van der Waals surface area contributed by atoms with Crippen LogP contribution in [0, 0.1) is 24.0 Å². The SMILES string of the molecule is Cc1cc(C)cc(-c2ccnc3[nH]cc(CNS(=O)(=O)c4ccc([N+](=O)[O-])cc4)c23)c1. The zero-order valence-corrected chi connectivity index (χ0v) is 17.7. The van der Waals surface area contributed by atoms with Crippen LogP contribution in [0.5, 0.6) is 0 Å². The van der Waals surface area contributed by atoms with Gasteiger partial charge in [0.2, 0.25) is 10.0 Å². The summed E-state index contributed by atoms with van der Waals surface area (Å²) in [5.41, 5.74) is 5.52. The highest BCUT2D eigenvalue weighted by molar-refractivity contribution is 7.89. The molecule has 0 aliphatic carbocycles. The lowest BCUT2D eigenvalue weighted by molar-refractivity contribution is -0.384. The number of nitrogens with one attached hydrogen (secondary N) is 2. The minimum atomic E-state index is -3.85. The molecular formula is C22H20N4O4S. The van der Waals surface area contributed by atoms with Gasteiger partial charge in [-0.2, -0.15) is 0 Å². The fraction of sp³-hybridized carbons (Fsp3) is 0.136. The fourth-order valence-corrected chi connectivity index (χ4v) is 4.64. The van der Waals surface area contributed by atoms with Crippen molar-refractivity contribution < 1.29 is 13.3 Å². The minimum Gasteiger partial charge on any atom is -0.346 e. The molecule has 8 nitrogen and oxygen atoms in total. The van der Waals surface area contributed by atoms with Crippen LogP contribution in [0.15, 0.2) is 65.8 Å². The molecule has 0 amide bonds. The second-order valence-electron chi connectivity index (χ2n) is 7.35. The Labute approximate surface area is 179 Å². The van der Waals surface area contributed by atoms with Crippen LogP contribution >= 0.6 is 0 Å². The lowest BCUT2D eigenvalue weighted by atomic mass is 9.98. The van der Waals surface area contributed by atoms with Gasteiger partial charge in [-0.05, 0) is 48.7 Å². The van der Waals surface area contributed by atoms with E-state index in [-0.39, 0.29) is 17.1 Å². The molecule has 2 aromatic carbocycles. The van der Waals surface area contributed by atoms with Gasteiger partial charge in [0.05, 0.1) is 9.82 Å². The van der Waals surface area contributed by atoms with Gasteiger partial charge in [0.15, 0.2) is 0 Å². The van der Waals surface area contributed by atoms with Crippen molar-refractivity contribution in [2.45, 2.75) is 25.3 Å². The van der Waals surface area contributed by atoms with Crippen molar-refractivity contribution in [2.24, 2.45) is 0 Å². The lowest BCUT2D eigenvalue weighted by Gasteiger charge is -2.10. The van der Waals surface area contributed by atoms with E-state index in [1.807, 2.05) is 19.9 Å². The van der Waals surface area contributed by atoms with Gasteiger partial charge in [0.1, 0.15) is 5.65 Å². The molecule has 0 unspecified atom stereocenters. The number of aromatic nitrogens is 2. The van der Waals surface area contributed by atoms with Crippen LogP contribution in [0.25, 0.3) is 22.2 Å². The number of rotatable bonds is 6. The average molecular weight is 436 g/mol. The Bertz CT molecular complexity index is 1370. The van der Waals surface area contributed by atoms with Crippen LogP contribution in [-0.2, 0) is 16.6 Å². The summed E-state index contributed by atoms with van der Waals surface area (Å²) >= 11 is 0. The van der Waals surface area contributed by atoms with Gasteiger partial charge < -0.3 is 4.98 Å². The summed E-state index contributed by atoms with van der Waals surface area (Å²) in [4.78, 5) is 17.6. The molecule has 0 aliphatic heterocycles. The predicted octanol–water partition coefficient (Wildman–Crippen LogP) is 4.23. The molecule has 4 aromatic rings. The smallest absolute Gasteiger partial charge is 0.269 e. The third-order valence-corrected chi connectivity index (χ3v) is 6.42. The van der Waals surface area contributed by atoms with E-state index in [9.17, 15) is 18.5 Å². The number of aromatic amines is 1. The zero-order chi connectivity index (χ0) is 22.2. The molecule has 0 saturated heterocycles. The van der Waals surface area contributed by atoms with Crippen LogP contribution in [-0.4, -0.2) is 23.3 Å². The molecule has 0 saturated carbocycles. The minimum absolute atomic E-state index is 0.0365. The number of nitro benzene ring substituents is 1. The molecule has 0 atom stereocenters. The van der Waals surface area contributed by atoms with Gasteiger partial charge in [-0.1, -0.05) is 29.3 Å². The standard InChI is InChI=1S/C22H20N4O4S/c1-14-9-15(2)11-16(10-14)20-7-8-23-22-21(20)17(12-24-22)13-25-31(29,30)19-5-3-18(4-6-19)26(27)28/h3-12,25H,13H2,1-2H3,(H,23,24). The maximum Gasteiger partial charge on any atom is 0.269 e. The molecule has 9 heteroatoms. The predicted molar refractivity (Wildman–Crippen MR) is 118 cm³/mol. The topological polar surface area (TPSA) is 118 Å². The fourth-order valence-electron chi connectivity index (χ4n) is 3.64. The van der Waals surface area contributed by atoms with Crippen molar-refractivity contribution in [1.29, 1.82) is 0 Å². The number of H-pyrrole nitrogens is 1. The average Bonchev–Trinajstić information content (AvgIpc) is 3.15. The Morgan fingerprint density at radius 1 is 1.06 bits per heavy atom. The third kappa shape index (κ3) is 4.18. The molecule has 0 spiro atoms. The number of non-ortho nitro benzene ring substituents is 1. The van der Waals surface area contributed by atoms with E-state index in [0.29, 0.717) is 5.65 Å². The molecule has 2 heterocycles. The Balaban J connectivity index is 1.67. The van der Waals surface area contributed by atoms with Crippen molar-refractivity contribution in [3.63, 3.8) is 0 Å². The van der Waals surface area contributed by atoms with Crippen molar-refractivity contribution in [3.8, 4) is 11.1 Å². The molecule has 0 bridgehead atoms. The summed E-state index contributed by atoms with van der Waals surface area (Å²) in [5.74, 6) is 0. The highest BCUT2D eigenvalue weighted by Gasteiger charge is 2.18. The van der Waals surface area contributed by atoms with E-state index in [4.69, 9.17) is 0 Å². The van der Waals surface area contributed by atoms with Gasteiger partial charge in [-0.25, -0.2) is 18.1 Å². The van der Waals surface area contributed by atoms with Gasteiger partial charge in [-0.3, -0.25) is 10.1 Å². The first kappa shape index (κ1) is 20.7. The lowest BCUT2D eigenvalue weighted by Crippen LogP contribution is -2.23. The first-order chi connectivity index (χ1) is 14.7. The third-order valence-electron chi connectivity index (χ3n) is 5.00. The van der Waals surface area contributed by atoms with Crippen LogP contribution in [0.4, 0.5) is 5.69 Å². The number of benzene rings is 2. The second kappa shape index (κ2) is 7.93. The molecular weight excluding hydrogens is 416 g/mol. The Hall–Kier alpha value is -3.56. The van der Waals surface area contributed by atoms with Crippen LogP contribution in [0.3, 0.4) is 0 Å². The molecule has 2 aromatic heterocycles. The van der Waals surface area contributed by atoms with E-state index in [1.165, 1.54) is 24.3 Å². The Morgan fingerprint density at radius 2 is 1.74 bits per heavy atom. The zero-order valence-electron chi connectivity index (χ0n) is 16.9. The van der Waals surface area contributed by atoms with Crippen LogP contribution < -0.4 is 4.72 Å². The van der Waals surface area contributed by atoms with Crippen molar-refractivity contribution >= 4 is 26.7 Å². The molecule has 0 fully saturated rings. The number of pyridine rings is 1. The van der Waals surface area contributed by atoms with Crippen LogP contribution in [0.1, 0.15) is 16.7 Å². The molecule has 4 rings (SSSR count). The number of nitro groups is 1. The monoisotopic (exact) mass is 436 g/mol. The van der Waals surface area contributed by atoms with E-state index in [0.717, 1.165) is 33.2 Å². The maximum atomic E-state index is 12.7. The highest BCUT2D eigenvalue weighted by Crippen LogP contribution is 2.31. The number of hydrogen-bond acceptors (Lipinski definition) is 5.